The van der Waals surface area contributed by atoms with Crippen molar-refractivity contribution in [3.8, 4) is 5.75 Å². The number of halogens is 2. The van der Waals surface area contributed by atoms with Crippen molar-refractivity contribution in [3.63, 3.8) is 0 Å². The number of benzene rings is 2. The van der Waals surface area contributed by atoms with Gasteiger partial charge in [-0.1, -0.05) is 27.5 Å². The van der Waals surface area contributed by atoms with Crippen LogP contribution in [0, 0.1) is 6.92 Å². The summed E-state index contributed by atoms with van der Waals surface area (Å²) in [6.45, 7) is 1.95. The molecule has 0 unspecified atom stereocenters. The number of hydrogen-bond acceptors (Lipinski definition) is 2. The zero-order valence-corrected chi connectivity index (χ0v) is 13.9. The molecule has 0 radical (unpaired) electrons. The van der Waals surface area contributed by atoms with Crippen molar-refractivity contribution in [1.82, 2.24) is 0 Å². The van der Waals surface area contributed by atoms with E-state index in [0.717, 1.165) is 10.0 Å². The molecule has 0 saturated carbocycles. The first kappa shape index (κ1) is 15.7. The summed E-state index contributed by atoms with van der Waals surface area (Å²) < 4.78 is 6.17. The number of anilines is 2. The van der Waals surface area contributed by atoms with Gasteiger partial charge in [-0.3, -0.25) is 0 Å². The maximum Gasteiger partial charge on any atom is 0.323 e. The third-order valence-electron chi connectivity index (χ3n) is 2.83. The summed E-state index contributed by atoms with van der Waals surface area (Å²) in [5.41, 5.74) is 2.25. The molecule has 21 heavy (non-hydrogen) atoms. The standard InChI is InChI=1S/C15H14BrClN2O2/c1-9-7-11(4-5-12(9)16)18-15(20)19-13-8-10(17)3-6-14(13)21-2/h3-8H,1-2H3,(H2,18,19,20). The molecule has 2 aromatic rings. The Bertz CT molecular complexity index is 677. The molecular weight excluding hydrogens is 356 g/mol. The van der Waals surface area contributed by atoms with Crippen LogP contribution >= 0.6 is 27.5 Å². The van der Waals surface area contributed by atoms with Crippen molar-refractivity contribution in [1.29, 1.82) is 0 Å². The Balaban J connectivity index is 2.11. The van der Waals surface area contributed by atoms with Crippen LogP contribution in [0.5, 0.6) is 5.75 Å². The van der Waals surface area contributed by atoms with E-state index in [0.29, 0.717) is 22.1 Å². The van der Waals surface area contributed by atoms with Crippen LogP contribution in [0.3, 0.4) is 0 Å². The highest BCUT2D eigenvalue weighted by atomic mass is 79.9. The second-order valence-electron chi connectivity index (χ2n) is 4.39. The lowest BCUT2D eigenvalue weighted by Gasteiger charge is -2.12. The first-order valence-electron chi connectivity index (χ1n) is 6.17. The van der Waals surface area contributed by atoms with Crippen molar-refractivity contribution in [2.75, 3.05) is 17.7 Å². The number of aryl methyl sites for hydroxylation is 1. The fraction of sp³-hybridized carbons (Fsp3) is 0.133. The summed E-state index contributed by atoms with van der Waals surface area (Å²) in [7, 11) is 1.53. The largest absolute Gasteiger partial charge is 0.495 e. The number of methoxy groups -OCH3 is 1. The predicted molar refractivity (Wildman–Crippen MR) is 89.5 cm³/mol. The second kappa shape index (κ2) is 6.83. The highest BCUT2D eigenvalue weighted by Crippen LogP contribution is 2.28. The fourth-order valence-electron chi connectivity index (χ4n) is 1.78. The predicted octanol–water partition coefficient (Wildman–Crippen LogP) is 5.06. The minimum absolute atomic E-state index is 0.364. The van der Waals surface area contributed by atoms with Crippen molar-refractivity contribution >= 4 is 44.9 Å². The third kappa shape index (κ3) is 4.12. The van der Waals surface area contributed by atoms with Gasteiger partial charge < -0.3 is 15.4 Å². The lowest BCUT2D eigenvalue weighted by atomic mass is 10.2. The molecule has 0 aliphatic carbocycles. The molecule has 0 aliphatic rings. The summed E-state index contributed by atoms with van der Waals surface area (Å²) >= 11 is 9.34. The maximum absolute atomic E-state index is 12.0. The van der Waals surface area contributed by atoms with Crippen LogP contribution in [-0.4, -0.2) is 13.1 Å². The van der Waals surface area contributed by atoms with E-state index >= 15 is 0 Å². The number of ether oxygens (including phenoxy) is 1. The molecule has 0 spiro atoms. The molecule has 0 atom stereocenters. The second-order valence-corrected chi connectivity index (χ2v) is 5.68. The van der Waals surface area contributed by atoms with Gasteiger partial charge in [-0.15, -0.1) is 0 Å². The SMILES string of the molecule is COc1ccc(Cl)cc1NC(=O)Nc1ccc(Br)c(C)c1. The van der Waals surface area contributed by atoms with Crippen LogP contribution < -0.4 is 15.4 Å². The van der Waals surface area contributed by atoms with Crippen molar-refractivity contribution < 1.29 is 9.53 Å². The molecule has 0 aliphatic heterocycles. The van der Waals surface area contributed by atoms with Crippen molar-refractivity contribution in [2.24, 2.45) is 0 Å². The molecule has 110 valence electrons. The number of rotatable bonds is 3. The molecule has 0 heterocycles. The minimum Gasteiger partial charge on any atom is -0.495 e. The van der Waals surface area contributed by atoms with E-state index in [4.69, 9.17) is 16.3 Å². The lowest BCUT2D eigenvalue weighted by molar-refractivity contribution is 0.262. The minimum atomic E-state index is -0.364. The highest BCUT2D eigenvalue weighted by molar-refractivity contribution is 9.10. The molecule has 0 fully saturated rings. The van der Waals surface area contributed by atoms with E-state index < -0.39 is 0 Å². The highest BCUT2D eigenvalue weighted by Gasteiger charge is 2.09. The van der Waals surface area contributed by atoms with Crippen LogP contribution in [0.15, 0.2) is 40.9 Å². The molecule has 2 amide bonds. The van der Waals surface area contributed by atoms with Crippen molar-refractivity contribution in [2.45, 2.75) is 6.92 Å². The van der Waals surface area contributed by atoms with Gasteiger partial charge in [-0.2, -0.15) is 0 Å². The van der Waals surface area contributed by atoms with Gasteiger partial charge in [0.2, 0.25) is 0 Å². The number of amides is 2. The van der Waals surface area contributed by atoms with Crippen molar-refractivity contribution in [3.05, 3.63) is 51.5 Å². The van der Waals surface area contributed by atoms with Gasteiger partial charge in [0.05, 0.1) is 12.8 Å². The normalized spacial score (nSPS) is 10.1. The monoisotopic (exact) mass is 368 g/mol. The molecule has 2 rings (SSSR count). The molecular formula is C15H14BrClN2O2. The molecule has 2 aromatic carbocycles. The Labute approximate surface area is 136 Å². The number of carbonyl (C=O) groups is 1. The lowest BCUT2D eigenvalue weighted by Crippen LogP contribution is -2.19. The van der Waals surface area contributed by atoms with Gasteiger partial charge in [0.1, 0.15) is 5.75 Å². The van der Waals surface area contributed by atoms with Gasteiger partial charge in [-0.25, -0.2) is 4.79 Å². The number of urea groups is 1. The maximum atomic E-state index is 12.0. The number of carbonyl (C=O) groups excluding carboxylic acids is 1. The Morgan fingerprint density at radius 3 is 2.62 bits per heavy atom. The summed E-state index contributed by atoms with van der Waals surface area (Å²) in [4.78, 5) is 12.0. The first-order chi connectivity index (χ1) is 9.99. The van der Waals surface area contributed by atoms with Gasteiger partial charge in [0.15, 0.2) is 0 Å². The molecule has 0 saturated heterocycles. The topological polar surface area (TPSA) is 50.4 Å². The van der Waals surface area contributed by atoms with Gasteiger partial charge in [0, 0.05) is 15.2 Å². The zero-order chi connectivity index (χ0) is 15.4. The summed E-state index contributed by atoms with van der Waals surface area (Å²) in [5, 5.41) is 5.99. The quantitative estimate of drug-likeness (QED) is 0.794. The van der Waals surface area contributed by atoms with E-state index in [1.54, 1.807) is 18.2 Å². The Kier molecular flexibility index (Phi) is 5.09. The van der Waals surface area contributed by atoms with Gasteiger partial charge >= 0.3 is 6.03 Å². The first-order valence-corrected chi connectivity index (χ1v) is 7.34. The number of hydrogen-bond donors (Lipinski definition) is 2. The summed E-state index contributed by atoms with van der Waals surface area (Å²) in [5.74, 6) is 0.543. The van der Waals surface area contributed by atoms with Crippen LogP contribution in [0.4, 0.5) is 16.2 Å². The van der Waals surface area contributed by atoms with E-state index in [2.05, 4.69) is 26.6 Å². The Morgan fingerprint density at radius 2 is 1.95 bits per heavy atom. The van der Waals surface area contributed by atoms with Crippen LogP contribution in [-0.2, 0) is 0 Å². The van der Waals surface area contributed by atoms with E-state index in [-0.39, 0.29) is 6.03 Å². The van der Waals surface area contributed by atoms with Crippen LogP contribution in [0.2, 0.25) is 5.02 Å². The van der Waals surface area contributed by atoms with E-state index in [9.17, 15) is 4.79 Å². The fourth-order valence-corrected chi connectivity index (χ4v) is 2.20. The van der Waals surface area contributed by atoms with Crippen LogP contribution in [0.1, 0.15) is 5.56 Å². The summed E-state index contributed by atoms with van der Waals surface area (Å²) in [6.07, 6.45) is 0. The smallest absolute Gasteiger partial charge is 0.323 e. The average molecular weight is 370 g/mol. The number of nitrogens with one attached hydrogen (secondary N) is 2. The van der Waals surface area contributed by atoms with E-state index in [1.165, 1.54) is 7.11 Å². The third-order valence-corrected chi connectivity index (χ3v) is 3.95. The Hall–Kier alpha value is -1.72. The molecule has 2 N–H and O–H groups in total. The molecule has 0 bridgehead atoms. The molecule has 6 heteroatoms. The van der Waals surface area contributed by atoms with Gasteiger partial charge in [-0.05, 0) is 48.9 Å². The molecule has 0 aromatic heterocycles. The van der Waals surface area contributed by atoms with E-state index in [1.807, 2.05) is 25.1 Å². The zero-order valence-electron chi connectivity index (χ0n) is 11.5. The van der Waals surface area contributed by atoms with Crippen LogP contribution in [0.25, 0.3) is 0 Å². The molecule has 4 nitrogen and oxygen atoms in total. The Morgan fingerprint density at radius 1 is 1.19 bits per heavy atom. The summed E-state index contributed by atoms with van der Waals surface area (Å²) in [6, 6.07) is 10.2. The van der Waals surface area contributed by atoms with Gasteiger partial charge in [0.25, 0.3) is 0 Å². The average Bonchev–Trinajstić information content (AvgIpc) is 2.43.